The molecule has 0 radical (unpaired) electrons. The molecule has 2 rings (SSSR count). The zero-order valence-electron chi connectivity index (χ0n) is 12.3. The summed E-state index contributed by atoms with van der Waals surface area (Å²) in [7, 11) is -4.19. The van der Waals surface area contributed by atoms with E-state index in [0.717, 1.165) is 6.20 Å². The number of primary amides is 1. The largest absolute Gasteiger partial charge is 0.416 e. The van der Waals surface area contributed by atoms with Crippen molar-refractivity contribution in [2.24, 2.45) is 5.73 Å². The fourth-order valence-corrected chi connectivity index (χ4v) is 2.49. The molecule has 0 bridgehead atoms. The first-order valence-corrected chi connectivity index (χ1v) is 8.79. The van der Waals surface area contributed by atoms with Crippen LogP contribution < -0.4 is 5.73 Å². The molecule has 0 aliphatic rings. The minimum Gasteiger partial charge on any atom is -0.366 e. The van der Waals surface area contributed by atoms with Gasteiger partial charge in [0.2, 0.25) is 0 Å². The standard InChI is InChI=1S/C8H5F4NO.C5H3BrClNO3S/c9-6-3-4(8(10,11)12)1-2-5(6)7(13)14;6-4-1-3(12(9,10)11)2-8-5(4)7/h1-3H,(H2,13,14);1-2H,(H,9,10,11). The Morgan fingerprint density at radius 1 is 1.27 bits per heavy atom. The molecule has 13 heteroatoms. The van der Waals surface area contributed by atoms with Crippen molar-refractivity contribution in [2.75, 3.05) is 0 Å². The molecular formula is C13H8BrClF4N2O4S. The van der Waals surface area contributed by atoms with E-state index in [4.69, 9.17) is 21.9 Å². The molecule has 1 aromatic heterocycles. The molecule has 2 aromatic rings. The van der Waals surface area contributed by atoms with Gasteiger partial charge in [0.15, 0.2) is 0 Å². The molecule has 1 amide bonds. The molecule has 0 aliphatic heterocycles. The van der Waals surface area contributed by atoms with E-state index in [2.05, 4.69) is 20.9 Å². The number of carbonyl (C=O) groups is 1. The van der Waals surface area contributed by atoms with Gasteiger partial charge in [0.25, 0.3) is 16.0 Å². The average Bonchev–Trinajstić information content (AvgIpc) is 2.48. The highest BCUT2D eigenvalue weighted by molar-refractivity contribution is 9.10. The van der Waals surface area contributed by atoms with E-state index in [-0.39, 0.29) is 16.1 Å². The maximum Gasteiger partial charge on any atom is 0.416 e. The van der Waals surface area contributed by atoms with Crippen molar-refractivity contribution in [3.8, 4) is 0 Å². The third kappa shape index (κ3) is 6.20. The number of aromatic nitrogens is 1. The zero-order chi connectivity index (χ0) is 20.3. The molecule has 6 nitrogen and oxygen atoms in total. The first-order valence-electron chi connectivity index (χ1n) is 6.18. The van der Waals surface area contributed by atoms with E-state index in [1.54, 1.807) is 0 Å². The summed E-state index contributed by atoms with van der Waals surface area (Å²) in [4.78, 5) is 13.7. The number of nitrogens with two attached hydrogens (primary N) is 1. The molecule has 0 saturated carbocycles. The summed E-state index contributed by atoms with van der Waals surface area (Å²) in [6, 6.07) is 2.72. The lowest BCUT2D eigenvalue weighted by Gasteiger charge is -2.07. The monoisotopic (exact) mass is 478 g/mol. The van der Waals surface area contributed by atoms with Crippen LogP contribution >= 0.6 is 27.5 Å². The van der Waals surface area contributed by atoms with Crippen LogP contribution in [-0.4, -0.2) is 23.9 Å². The third-order valence-electron chi connectivity index (χ3n) is 2.63. The van der Waals surface area contributed by atoms with Gasteiger partial charge in [-0.05, 0) is 40.2 Å². The minimum absolute atomic E-state index is 0.141. The highest BCUT2D eigenvalue weighted by Gasteiger charge is 2.31. The van der Waals surface area contributed by atoms with Crippen molar-refractivity contribution < 1.29 is 35.3 Å². The first kappa shape index (κ1) is 22.3. The summed E-state index contributed by atoms with van der Waals surface area (Å²) in [5.41, 5.74) is 3.00. The maximum atomic E-state index is 12.8. The van der Waals surface area contributed by atoms with Crippen LogP contribution in [0.25, 0.3) is 0 Å². The molecule has 1 heterocycles. The van der Waals surface area contributed by atoms with Crippen LogP contribution in [-0.2, 0) is 16.3 Å². The van der Waals surface area contributed by atoms with Gasteiger partial charge in [-0.3, -0.25) is 9.35 Å². The second-order valence-corrected chi connectivity index (χ2v) is 7.11. The molecule has 0 saturated heterocycles. The lowest BCUT2D eigenvalue weighted by molar-refractivity contribution is -0.137. The SMILES string of the molecule is NC(=O)c1ccc(C(F)(F)F)cc1F.O=S(=O)(O)c1cnc(Cl)c(Br)c1. The number of alkyl halides is 3. The summed E-state index contributed by atoms with van der Waals surface area (Å²) in [6.45, 7) is 0. The van der Waals surface area contributed by atoms with Crippen molar-refractivity contribution >= 4 is 43.6 Å². The van der Waals surface area contributed by atoms with E-state index in [0.29, 0.717) is 16.6 Å². The summed E-state index contributed by atoms with van der Waals surface area (Å²) >= 11 is 8.46. The fraction of sp³-hybridized carbons (Fsp3) is 0.0769. The molecule has 142 valence electrons. The number of benzene rings is 1. The number of rotatable bonds is 2. The Hall–Kier alpha value is -1.76. The van der Waals surface area contributed by atoms with Crippen LogP contribution in [0.15, 0.2) is 39.8 Å². The number of nitrogens with zero attached hydrogens (tertiary/aromatic N) is 1. The molecule has 0 aliphatic carbocycles. The molecule has 0 unspecified atom stereocenters. The highest BCUT2D eigenvalue weighted by Crippen LogP contribution is 2.30. The number of hydrogen-bond donors (Lipinski definition) is 2. The summed E-state index contributed by atoms with van der Waals surface area (Å²) < 4.78 is 78.9. The second kappa shape index (κ2) is 8.29. The Balaban J connectivity index is 0.000000263. The van der Waals surface area contributed by atoms with Gasteiger partial charge in [-0.25, -0.2) is 9.37 Å². The van der Waals surface area contributed by atoms with Crippen LogP contribution in [0, 0.1) is 5.82 Å². The number of hydrogen-bond acceptors (Lipinski definition) is 4. The van der Waals surface area contributed by atoms with E-state index in [1.807, 2.05) is 0 Å². The van der Waals surface area contributed by atoms with E-state index in [9.17, 15) is 30.8 Å². The Morgan fingerprint density at radius 3 is 2.23 bits per heavy atom. The topological polar surface area (TPSA) is 110 Å². The van der Waals surface area contributed by atoms with E-state index in [1.165, 1.54) is 6.07 Å². The molecule has 3 N–H and O–H groups in total. The average molecular weight is 480 g/mol. The molecule has 0 atom stereocenters. The second-order valence-electron chi connectivity index (χ2n) is 4.48. The predicted octanol–water partition coefficient (Wildman–Crippen LogP) is 3.69. The van der Waals surface area contributed by atoms with E-state index >= 15 is 0 Å². The van der Waals surface area contributed by atoms with Crippen molar-refractivity contribution in [1.82, 2.24) is 4.98 Å². The normalized spacial score (nSPS) is 11.5. The highest BCUT2D eigenvalue weighted by atomic mass is 79.9. The lowest BCUT2D eigenvalue weighted by atomic mass is 10.1. The van der Waals surface area contributed by atoms with Gasteiger partial charge in [0.1, 0.15) is 15.9 Å². The predicted molar refractivity (Wildman–Crippen MR) is 86.7 cm³/mol. The quantitative estimate of drug-likeness (QED) is 0.388. The zero-order valence-corrected chi connectivity index (χ0v) is 15.4. The van der Waals surface area contributed by atoms with Crippen LogP contribution in [0.5, 0.6) is 0 Å². The number of halogens is 6. The summed E-state index contributed by atoms with van der Waals surface area (Å²) in [6.07, 6.45) is -3.65. The Bertz CT molecular complexity index is 938. The Morgan fingerprint density at radius 2 is 1.85 bits per heavy atom. The smallest absolute Gasteiger partial charge is 0.366 e. The summed E-state index contributed by atoms with van der Waals surface area (Å²) in [5.74, 6) is -2.37. The van der Waals surface area contributed by atoms with Gasteiger partial charge in [-0.1, -0.05) is 11.6 Å². The molecule has 0 spiro atoms. The third-order valence-corrected chi connectivity index (χ3v) is 4.58. The van der Waals surface area contributed by atoms with Gasteiger partial charge >= 0.3 is 6.18 Å². The van der Waals surface area contributed by atoms with Gasteiger partial charge < -0.3 is 5.73 Å². The summed E-state index contributed by atoms with van der Waals surface area (Å²) in [5, 5.41) is 0.141. The van der Waals surface area contributed by atoms with Gasteiger partial charge in [-0.2, -0.15) is 21.6 Å². The van der Waals surface area contributed by atoms with Crippen LogP contribution in [0.4, 0.5) is 17.6 Å². The molecule has 0 fully saturated rings. The van der Waals surface area contributed by atoms with E-state index < -0.39 is 39.1 Å². The van der Waals surface area contributed by atoms with Crippen LogP contribution in [0.3, 0.4) is 0 Å². The lowest BCUT2D eigenvalue weighted by Crippen LogP contribution is -2.14. The molecule has 1 aromatic carbocycles. The van der Waals surface area contributed by atoms with Gasteiger partial charge in [-0.15, -0.1) is 0 Å². The Kier molecular flexibility index (Phi) is 7.10. The first-order chi connectivity index (χ1) is 11.7. The maximum absolute atomic E-state index is 12.8. The van der Waals surface area contributed by atoms with Gasteiger partial charge in [0, 0.05) is 6.20 Å². The number of pyridine rings is 1. The minimum atomic E-state index is -4.63. The number of amides is 1. The number of carbonyl (C=O) groups excluding carboxylic acids is 1. The van der Waals surface area contributed by atoms with Crippen molar-refractivity contribution in [1.29, 1.82) is 0 Å². The molecular weight excluding hydrogens is 472 g/mol. The fourth-order valence-electron chi connectivity index (χ4n) is 1.44. The van der Waals surface area contributed by atoms with Crippen molar-refractivity contribution in [3.05, 3.63) is 57.0 Å². The van der Waals surface area contributed by atoms with Crippen LogP contribution in [0.1, 0.15) is 15.9 Å². The van der Waals surface area contributed by atoms with Crippen molar-refractivity contribution in [2.45, 2.75) is 11.1 Å². The van der Waals surface area contributed by atoms with Crippen molar-refractivity contribution in [3.63, 3.8) is 0 Å². The van der Waals surface area contributed by atoms with Gasteiger partial charge in [0.05, 0.1) is 15.6 Å². The Labute approximate surface area is 157 Å². The molecule has 26 heavy (non-hydrogen) atoms. The van der Waals surface area contributed by atoms with Crippen LogP contribution in [0.2, 0.25) is 5.15 Å².